The van der Waals surface area contributed by atoms with E-state index in [1.54, 1.807) is 4.90 Å². The summed E-state index contributed by atoms with van der Waals surface area (Å²) in [7, 11) is 0. The molecule has 2 heterocycles. The molecular formula is C19H28ClN3O3. The summed E-state index contributed by atoms with van der Waals surface area (Å²) in [5.74, 6) is 0.0345. The average Bonchev–Trinajstić information content (AvgIpc) is 2.68. The Morgan fingerprint density at radius 1 is 1.12 bits per heavy atom. The zero-order valence-corrected chi connectivity index (χ0v) is 15.8. The molecule has 0 bridgehead atoms. The largest absolute Gasteiger partial charge is 0.378 e. The minimum absolute atomic E-state index is 0. The van der Waals surface area contributed by atoms with E-state index in [1.807, 2.05) is 35.2 Å². The average molecular weight is 382 g/mol. The van der Waals surface area contributed by atoms with E-state index in [0.29, 0.717) is 32.8 Å². The smallest absolute Gasteiger partial charge is 0.245 e. The van der Waals surface area contributed by atoms with Crippen molar-refractivity contribution >= 4 is 24.2 Å². The Morgan fingerprint density at radius 2 is 1.81 bits per heavy atom. The second-order valence-electron chi connectivity index (χ2n) is 6.76. The van der Waals surface area contributed by atoms with E-state index < -0.39 is 0 Å². The molecule has 2 saturated heterocycles. The van der Waals surface area contributed by atoms with Crippen molar-refractivity contribution in [3.8, 4) is 0 Å². The molecular weight excluding hydrogens is 354 g/mol. The van der Waals surface area contributed by atoms with Gasteiger partial charge in [-0.3, -0.25) is 9.59 Å². The molecule has 1 aromatic carbocycles. The quantitative estimate of drug-likeness (QED) is 0.861. The number of halogens is 1. The lowest BCUT2D eigenvalue weighted by Gasteiger charge is -2.39. The maximum Gasteiger partial charge on any atom is 0.245 e. The Hall–Kier alpha value is -1.63. The molecule has 0 radical (unpaired) electrons. The van der Waals surface area contributed by atoms with Crippen molar-refractivity contribution in [2.75, 3.05) is 32.8 Å². The second kappa shape index (κ2) is 9.90. The van der Waals surface area contributed by atoms with Crippen molar-refractivity contribution in [1.82, 2.24) is 9.80 Å². The number of carbonyl (C=O) groups excluding carboxylic acids is 2. The van der Waals surface area contributed by atoms with Crippen LogP contribution < -0.4 is 5.73 Å². The number of hydrogen-bond donors (Lipinski definition) is 1. The normalized spacial score (nSPS) is 21.7. The molecule has 7 heteroatoms. The van der Waals surface area contributed by atoms with Gasteiger partial charge in [0.15, 0.2) is 0 Å². The first-order valence-electron chi connectivity index (χ1n) is 9.13. The summed E-state index contributed by atoms with van der Waals surface area (Å²) in [5, 5.41) is 0. The van der Waals surface area contributed by atoms with Gasteiger partial charge in [0.2, 0.25) is 11.8 Å². The Labute approximate surface area is 161 Å². The molecule has 26 heavy (non-hydrogen) atoms. The van der Waals surface area contributed by atoms with Crippen molar-refractivity contribution < 1.29 is 14.3 Å². The van der Waals surface area contributed by atoms with Gasteiger partial charge in [-0.1, -0.05) is 30.3 Å². The number of carbonyl (C=O) groups is 2. The van der Waals surface area contributed by atoms with Crippen LogP contribution in [0.15, 0.2) is 30.3 Å². The number of amides is 2. The molecule has 0 aromatic heterocycles. The molecule has 2 atom stereocenters. The molecule has 0 spiro atoms. The summed E-state index contributed by atoms with van der Waals surface area (Å²) in [6.45, 7) is 3.01. The van der Waals surface area contributed by atoms with Gasteiger partial charge in [0.25, 0.3) is 0 Å². The van der Waals surface area contributed by atoms with Crippen molar-refractivity contribution in [1.29, 1.82) is 0 Å². The Kier molecular flexibility index (Phi) is 7.87. The van der Waals surface area contributed by atoms with E-state index in [0.717, 1.165) is 24.8 Å². The van der Waals surface area contributed by atoms with E-state index in [1.165, 1.54) is 0 Å². The lowest BCUT2D eigenvalue weighted by atomic mass is 9.98. The van der Waals surface area contributed by atoms with Crippen LogP contribution in [-0.4, -0.2) is 60.5 Å². The highest BCUT2D eigenvalue weighted by molar-refractivity contribution is 5.88. The SMILES string of the molecule is Cl.NC(CC(=O)N1CCCCC1C(=O)N1CCOCC1)c1ccccc1. The number of nitrogens with zero attached hydrogens (tertiary/aromatic N) is 2. The summed E-state index contributed by atoms with van der Waals surface area (Å²) in [4.78, 5) is 29.3. The monoisotopic (exact) mass is 381 g/mol. The molecule has 2 N–H and O–H groups in total. The zero-order valence-electron chi connectivity index (χ0n) is 15.0. The predicted octanol–water partition coefficient (Wildman–Crippen LogP) is 1.74. The molecule has 3 rings (SSSR count). The highest BCUT2D eigenvalue weighted by Gasteiger charge is 2.35. The summed E-state index contributed by atoms with van der Waals surface area (Å²) >= 11 is 0. The van der Waals surface area contributed by atoms with Gasteiger partial charge in [-0.25, -0.2) is 0 Å². The molecule has 2 fully saturated rings. The molecule has 2 aliphatic heterocycles. The van der Waals surface area contributed by atoms with Crippen LogP contribution in [0.25, 0.3) is 0 Å². The van der Waals surface area contributed by atoms with E-state index in [4.69, 9.17) is 10.5 Å². The van der Waals surface area contributed by atoms with E-state index >= 15 is 0 Å². The van der Waals surface area contributed by atoms with E-state index in [2.05, 4.69) is 0 Å². The lowest BCUT2D eigenvalue weighted by molar-refractivity contribution is -0.150. The van der Waals surface area contributed by atoms with Gasteiger partial charge in [0, 0.05) is 32.1 Å². The fourth-order valence-electron chi connectivity index (χ4n) is 3.60. The molecule has 0 aliphatic carbocycles. The maximum absolute atomic E-state index is 12.9. The zero-order chi connectivity index (χ0) is 17.6. The Bertz CT molecular complexity index is 593. The van der Waals surface area contributed by atoms with Gasteiger partial charge in [0.1, 0.15) is 6.04 Å². The molecule has 2 amide bonds. The number of piperidine rings is 1. The van der Waals surface area contributed by atoms with E-state index in [9.17, 15) is 9.59 Å². The topological polar surface area (TPSA) is 75.9 Å². The van der Waals surface area contributed by atoms with Crippen LogP contribution in [0.3, 0.4) is 0 Å². The van der Waals surface area contributed by atoms with Crippen molar-refractivity contribution in [3.05, 3.63) is 35.9 Å². The summed E-state index contributed by atoms with van der Waals surface area (Å²) in [6, 6.07) is 8.96. The molecule has 0 saturated carbocycles. The fraction of sp³-hybridized carbons (Fsp3) is 0.579. The molecule has 6 nitrogen and oxygen atoms in total. The van der Waals surface area contributed by atoms with Crippen LogP contribution in [0.2, 0.25) is 0 Å². The van der Waals surface area contributed by atoms with Gasteiger partial charge in [-0.2, -0.15) is 0 Å². The first-order valence-corrected chi connectivity index (χ1v) is 9.13. The van der Waals surface area contributed by atoms with Crippen LogP contribution in [0.1, 0.15) is 37.3 Å². The van der Waals surface area contributed by atoms with E-state index in [-0.39, 0.29) is 42.7 Å². The Morgan fingerprint density at radius 3 is 2.50 bits per heavy atom. The second-order valence-corrected chi connectivity index (χ2v) is 6.76. The third kappa shape index (κ3) is 4.96. The number of ether oxygens (including phenoxy) is 1. The van der Waals surface area contributed by atoms with Crippen molar-refractivity contribution in [2.24, 2.45) is 5.73 Å². The van der Waals surface area contributed by atoms with Crippen molar-refractivity contribution in [2.45, 2.75) is 37.8 Å². The van der Waals surface area contributed by atoms with Gasteiger partial charge in [-0.05, 0) is 24.8 Å². The lowest BCUT2D eigenvalue weighted by Crippen LogP contribution is -2.55. The molecule has 2 unspecified atom stereocenters. The minimum Gasteiger partial charge on any atom is -0.378 e. The number of likely N-dealkylation sites (tertiary alicyclic amines) is 1. The first kappa shape index (κ1) is 20.7. The highest BCUT2D eigenvalue weighted by atomic mass is 35.5. The number of morpholine rings is 1. The standard InChI is InChI=1S/C19H27N3O3.ClH/c20-16(15-6-2-1-3-7-15)14-18(23)22-9-5-4-8-17(22)19(24)21-10-12-25-13-11-21;/h1-3,6-7,16-17H,4-5,8-14,20H2;1H. The number of hydrogen-bond acceptors (Lipinski definition) is 4. The highest BCUT2D eigenvalue weighted by Crippen LogP contribution is 2.23. The molecule has 144 valence electrons. The summed E-state index contributed by atoms with van der Waals surface area (Å²) < 4.78 is 5.32. The third-order valence-corrected chi connectivity index (χ3v) is 5.05. The van der Waals surface area contributed by atoms with Crippen molar-refractivity contribution in [3.63, 3.8) is 0 Å². The number of benzene rings is 1. The van der Waals surface area contributed by atoms with Crippen LogP contribution in [0.5, 0.6) is 0 Å². The maximum atomic E-state index is 12.9. The minimum atomic E-state index is -0.345. The Balaban J connectivity index is 0.00000243. The van der Waals surface area contributed by atoms with Crippen LogP contribution in [0.4, 0.5) is 0 Å². The van der Waals surface area contributed by atoms with Gasteiger partial charge >= 0.3 is 0 Å². The summed E-state index contributed by atoms with van der Waals surface area (Å²) in [5.41, 5.74) is 7.16. The van der Waals surface area contributed by atoms with Gasteiger partial charge in [-0.15, -0.1) is 12.4 Å². The van der Waals surface area contributed by atoms with Gasteiger partial charge < -0.3 is 20.3 Å². The molecule has 1 aromatic rings. The third-order valence-electron chi connectivity index (χ3n) is 5.05. The van der Waals surface area contributed by atoms with Crippen LogP contribution >= 0.6 is 12.4 Å². The summed E-state index contributed by atoms with van der Waals surface area (Å²) in [6.07, 6.45) is 2.90. The van der Waals surface area contributed by atoms with Crippen LogP contribution in [-0.2, 0) is 14.3 Å². The molecule has 2 aliphatic rings. The number of nitrogens with two attached hydrogens (primary N) is 1. The predicted molar refractivity (Wildman–Crippen MR) is 102 cm³/mol. The van der Waals surface area contributed by atoms with Crippen LogP contribution in [0, 0.1) is 0 Å². The number of rotatable bonds is 4. The first-order chi connectivity index (χ1) is 12.2. The van der Waals surface area contributed by atoms with Gasteiger partial charge in [0.05, 0.1) is 13.2 Å². The fourth-order valence-corrected chi connectivity index (χ4v) is 3.60.